The molecular weight excluding hydrogens is 246 g/mol. The van der Waals surface area contributed by atoms with Gasteiger partial charge in [0.05, 0.1) is 0 Å². The van der Waals surface area contributed by atoms with Gasteiger partial charge in [-0.1, -0.05) is 43.7 Å². The molecule has 2 heteroatoms. The predicted molar refractivity (Wildman–Crippen MR) is 87.3 cm³/mol. The molecule has 1 unspecified atom stereocenters. The first-order valence-corrected chi connectivity index (χ1v) is 8.10. The van der Waals surface area contributed by atoms with Gasteiger partial charge in [-0.2, -0.15) is 0 Å². The van der Waals surface area contributed by atoms with Crippen LogP contribution in [0.3, 0.4) is 0 Å². The lowest BCUT2D eigenvalue weighted by molar-refractivity contribution is 0.120. The Morgan fingerprint density at radius 2 is 1.80 bits per heavy atom. The molecule has 0 bridgehead atoms. The van der Waals surface area contributed by atoms with Crippen LogP contribution in [0.5, 0.6) is 0 Å². The lowest BCUT2D eigenvalue weighted by atomic mass is 9.96. The number of rotatable bonds is 11. The summed E-state index contributed by atoms with van der Waals surface area (Å²) in [6.45, 7) is 10.5. The number of benzene rings is 1. The highest BCUT2D eigenvalue weighted by Crippen LogP contribution is 2.13. The molecule has 0 aliphatic carbocycles. The molecule has 0 saturated carbocycles. The van der Waals surface area contributed by atoms with E-state index in [0.717, 1.165) is 45.6 Å². The molecule has 1 atom stereocenters. The average molecular weight is 277 g/mol. The third-order valence-corrected chi connectivity index (χ3v) is 3.52. The maximum atomic E-state index is 5.65. The summed E-state index contributed by atoms with van der Waals surface area (Å²) in [5.74, 6) is 0.668. The van der Waals surface area contributed by atoms with Crippen LogP contribution < -0.4 is 5.32 Å². The quantitative estimate of drug-likeness (QED) is 0.618. The van der Waals surface area contributed by atoms with Gasteiger partial charge in [0.25, 0.3) is 0 Å². The molecule has 0 fully saturated rings. The predicted octanol–water partition coefficient (Wildman–Crippen LogP) is 3.97. The highest BCUT2D eigenvalue weighted by Gasteiger charge is 2.09. The summed E-state index contributed by atoms with van der Waals surface area (Å²) in [6.07, 6.45) is 4.59. The smallest absolute Gasteiger partial charge is 0.0469 e. The fourth-order valence-electron chi connectivity index (χ4n) is 2.31. The Kier molecular flexibility index (Phi) is 9.35. The van der Waals surface area contributed by atoms with Crippen molar-refractivity contribution in [2.45, 2.75) is 46.5 Å². The summed E-state index contributed by atoms with van der Waals surface area (Å²) in [6, 6.07) is 8.93. The average Bonchev–Trinajstić information content (AvgIpc) is 2.46. The third-order valence-electron chi connectivity index (χ3n) is 3.52. The van der Waals surface area contributed by atoms with E-state index in [1.165, 1.54) is 17.5 Å². The molecule has 0 aromatic heterocycles. The molecule has 0 radical (unpaired) electrons. The van der Waals surface area contributed by atoms with Gasteiger partial charge in [-0.15, -0.1) is 0 Å². The fraction of sp³-hybridized carbons (Fsp3) is 0.667. The molecule has 1 N–H and O–H groups in total. The van der Waals surface area contributed by atoms with Crippen molar-refractivity contribution in [3.05, 3.63) is 35.4 Å². The minimum absolute atomic E-state index is 0.668. The highest BCUT2D eigenvalue weighted by atomic mass is 16.5. The number of hydrogen-bond donors (Lipinski definition) is 1. The summed E-state index contributed by atoms with van der Waals surface area (Å²) in [5, 5.41) is 3.55. The zero-order valence-corrected chi connectivity index (χ0v) is 13.5. The number of ether oxygens (including phenoxy) is 1. The van der Waals surface area contributed by atoms with E-state index in [9.17, 15) is 0 Å². The molecule has 1 aromatic rings. The van der Waals surface area contributed by atoms with Crippen molar-refractivity contribution in [3.8, 4) is 0 Å². The van der Waals surface area contributed by atoms with Crippen molar-refractivity contribution in [1.82, 2.24) is 5.32 Å². The summed E-state index contributed by atoms with van der Waals surface area (Å²) in [5.41, 5.74) is 2.77. The Labute approximate surface area is 124 Å². The summed E-state index contributed by atoms with van der Waals surface area (Å²) >= 11 is 0. The first-order chi connectivity index (χ1) is 9.76. The van der Waals surface area contributed by atoms with Crippen LogP contribution in [0.25, 0.3) is 0 Å². The van der Waals surface area contributed by atoms with Gasteiger partial charge in [0.1, 0.15) is 0 Å². The van der Waals surface area contributed by atoms with E-state index in [-0.39, 0.29) is 0 Å². The molecule has 114 valence electrons. The van der Waals surface area contributed by atoms with Crippen LogP contribution in [0.2, 0.25) is 0 Å². The Morgan fingerprint density at radius 3 is 2.45 bits per heavy atom. The summed E-state index contributed by atoms with van der Waals surface area (Å²) in [7, 11) is 0. The molecule has 0 spiro atoms. The van der Waals surface area contributed by atoms with Crippen LogP contribution >= 0.6 is 0 Å². The van der Waals surface area contributed by atoms with Crippen LogP contribution in [-0.2, 0) is 11.2 Å². The Bertz CT molecular complexity index is 334. The van der Waals surface area contributed by atoms with Gasteiger partial charge < -0.3 is 10.1 Å². The summed E-state index contributed by atoms with van der Waals surface area (Å²) in [4.78, 5) is 0. The summed E-state index contributed by atoms with van der Waals surface area (Å²) < 4.78 is 5.65. The SMILES string of the molecule is CCCNCC(CCOCCC)Cc1ccc(C)cc1. The van der Waals surface area contributed by atoms with Gasteiger partial charge in [0.2, 0.25) is 0 Å². The van der Waals surface area contributed by atoms with E-state index >= 15 is 0 Å². The van der Waals surface area contributed by atoms with Gasteiger partial charge in [0, 0.05) is 13.2 Å². The number of nitrogens with one attached hydrogen (secondary N) is 1. The molecule has 1 rings (SSSR count). The van der Waals surface area contributed by atoms with Crippen LogP contribution in [0.1, 0.15) is 44.2 Å². The third kappa shape index (κ3) is 7.66. The van der Waals surface area contributed by atoms with E-state index < -0.39 is 0 Å². The van der Waals surface area contributed by atoms with E-state index in [1.807, 2.05) is 0 Å². The molecule has 1 aromatic carbocycles. The molecule has 0 heterocycles. The standard InChI is InChI=1S/C18H31NO/c1-4-11-19-15-18(10-13-20-12-5-2)14-17-8-6-16(3)7-9-17/h6-9,18-19H,4-5,10-15H2,1-3H3. The van der Waals surface area contributed by atoms with Crippen LogP contribution in [0, 0.1) is 12.8 Å². The minimum Gasteiger partial charge on any atom is -0.381 e. The van der Waals surface area contributed by atoms with Crippen molar-refractivity contribution < 1.29 is 4.74 Å². The lowest BCUT2D eigenvalue weighted by Crippen LogP contribution is -2.26. The molecular formula is C18H31NO. The van der Waals surface area contributed by atoms with Gasteiger partial charge in [-0.05, 0) is 57.2 Å². The lowest BCUT2D eigenvalue weighted by Gasteiger charge is -2.18. The number of aryl methyl sites for hydroxylation is 1. The zero-order valence-electron chi connectivity index (χ0n) is 13.5. The van der Waals surface area contributed by atoms with Gasteiger partial charge in [0.15, 0.2) is 0 Å². The van der Waals surface area contributed by atoms with Crippen LogP contribution in [0.4, 0.5) is 0 Å². The van der Waals surface area contributed by atoms with Crippen molar-refractivity contribution in [3.63, 3.8) is 0 Å². The topological polar surface area (TPSA) is 21.3 Å². The molecule has 2 nitrogen and oxygen atoms in total. The van der Waals surface area contributed by atoms with Crippen molar-refractivity contribution in [2.75, 3.05) is 26.3 Å². The first-order valence-electron chi connectivity index (χ1n) is 8.10. The van der Waals surface area contributed by atoms with Crippen LogP contribution in [-0.4, -0.2) is 26.3 Å². The Morgan fingerprint density at radius 1 is 1.05 bits per heavy atom. The molecule has 0 amide bonds. The maximum Gasteiger partial charge on any atom is 0.0469 e. The van der Waals surface area contributed by atoms with Crippen molar-refractivity contribution in [2.24, 2.45) is 5.92 Å². The Hall–Kier alpha value is -0.860. The molecule has 20 heavy (non-hydrogen) atoms. The highest BCUT2D eigenvalue weighted by molar-refractivity contribution is 5.21. The van der Waals surface area contributed by atoms with Gasteiger partial charge >= 0.3 is 0 Å². The number of hydrogen-bond acceptors (Lipinski definition) is 2. The van der Waals surface area contributed by atoms with E-state index in [2.05, 4.69) is 50.4 Å². The molecule has 0 aliphatic heterocycles. The largest absolute Gasteiger partial charge is 0.381 e. The fourth-order valence-corrected chi connectivity index (χ4v) is 2.31. The second-order valence-electron chi connectivity index (χ2n) is 5.66. The van der Waals surface area contributed by atoms with E-state index in [1.54, 1.807) is 0 Å². The van der Waals surface area contributed by atoms with Crippen molar-refractivity contribution >= 4 is 0 Å². The second kappa shape index (κ2) is 10.9. The van der Waals surface area contributed by atoms with Gasteiger partial charge in [-0.25, -0.2) is 0 Å². The maximum absolute atomic E-state index is 5.65. The van der Waals surface area contributed by atoms with Crippen LogP contribution in [0.15, 0.2) is 24.3 Å². The van der Waals surface area contributed by atoms with Crippen molar-refractivity contribution in [1.29, 1.82) is 0 Å². The minimum atomic E-state index is 0.668. The first kappa shape index (κ1) is 17.2. The monoisotopic (exact) mass is 277 g/mol. The second-order valence-corrected chi connectivity index (χ2v) is 5.66. The normalized spacial score (nSPS) is 12.6. The van der Waals surface area contributed by atoms with E-state index in [0.29, 0.717) is 5.92 Å². The van der Waals surface area contributed by atoms with Gasteiger partial charge in [-0.3, -0.25) is 0 Å². The van der Waals surface area contributed by atoms with E-state index in [4.69, 9.17) is 4.74 Å². The molecule has 0 aliphatic rings. The zero-order chi connectivity index (χ0) is 14.6. The molecule has 0 saturated heterocycles. The Balaban J connectivity index is 2.41.